The third-order valence-electron chi connectivity index (χ3n) is 3.17. The van der Waals surface area contributed by atoms with E-state index in [2.05, 4.69) is 36.1 Å². The van der Waals surface area contributed by atoms with E-state index in [0.717, 1.165) is 23.4 Å². The van der Waals surface area contributed by atoms with E-state index < -0.39 is 0 Å². The Labute approximate surface area is 119 Å². The molecular weight excluding hydrogens is 252 g/mol. The average molecular weight is 270 g/mol. The first-order chi connectivity index (χ1) is 9.13. The lowest BCUT2D eigenvalue weighted by Gasteiger charge is -2.24. The van der Waals surface area contributed by atoms with E-state index in [1.807, 2.05) is 31.2 Å². The van der Waals surface area contributed by atoms with E-state index in [9.17, 15) is 0 Å². The predicted octanol–water partition coefficient (Wildman–Crippen LogP) is 3.79. The fraction of sp³-hybridized carbons (Fsp3) is 0.188. The van der Waals surface area contributed by atoms with Gasteiger partial charge in [-0.2, -0.15) is 0 Å². The van der Waals surface area contributed by atoms with Gasteiger partial charge in [-0.3, -0.25) is 0 Å². The summed E-state index contributed by atoms with van der Waals surface area (Å²) in [4.78, 5) is 2.71. The summed E-state index contributed by atoms with van der Waals surface area (Å²) in [6.07, 6.45) is 0. The van der Waals surface area contributed by atoms with E-state index in [-0.39, 0.29) is 0 Å². The standard InChI is InChI=1S/C16H18N2S/c1-3-18(13-7-5-4-6-8-13)14-9-10-15(16(17)19)12(2)11-14/h4-11H,3H2,1-2H3,(H2,17,19). The molecule has 0 radical (unpaired) electrons. The van der Waals surface area contributed by atoms with Gasteiger partial charge in [-0.15, -0.1) is 0 Å². The Morgan fingerprint density at radius 1 is 1.11 bits per heavy atom. The maximum absolute atomic E-state index is 5.70. The number of thiocarbonyl (C=S) groups is 1. The van der Waals surface area contributed by atoms with Gasteiger partial charge in [0.2, 0.25) is 0 Å². The zero-order valence-electron chi connectivity index (χ0n) is 11.3. The summed E-state index contributed by atoms with van der Waals surface area (Å²) in [5.41, 5.74) is 10.1. The van der Waals surface area contributed by atoms with Crippen LogP contribution in [0.3, 0.4) is 0 Å². The van der Waals surface area contributed by atoms with Crippen molar-refractivity contribution in [1.82, 2.24) is 0 Å². The number of benzene rings is 2. The molecule has 0 aliphatic rings. The zero-order chi connectivity index (χ0) is 13.8. The van der Waals surface area contributed by atoms with Gasteiger partial charge in [0, 0.05) is 23.5 Å². The quantitative estimate of drug-likeness (QED) is 0.857. The van der Waals surface area contributed by atoms with Gasteiger partial charge >= 0.3 is 0 Å². The first-order valence-corrected chi connectivity index (χ1v) is 6.77. The van der Waals surface area contributed by atoms with E-state index in [1.165, 1.54) is 5.69 Å². The fourth-order valence-corrected chi connectivity index (χ4v) is 2.44. The van der Waals surface area contributed by atoms with Crippen LogP contribution >= 0.6 is 12.2 Å². The van der Waals surface area contributed by atoms with Crippen molar-refractivity contribution in [3.8, 4) is 0 Å². The minimum atomic E-state index is 0.451. The first-order valence-electron chi connectivity index (χ1n) is 6.36. The van der Waals surface area contributed by atoms with Gasteiger partial charge in [0.1, 0.15) is 4.99 Å². The molecule has 98 valence electrons. The number of anilines is 2. The number of hydrogen-bond donors (Lipinski definition) is 1. The second-order valence-electron chi connectivity index (χ2n) is 4.44. The van der Waals surface area contributed by atoms with Gasteiger partial charge in [-0.05, 0) is 49.7 Å². The summed E-state index contributed by atoms with van der Waals surface area (Å²) >= 11 is 5.04. The van der Waals surface area contributed by atoms with E-state index in [4.69, 9.17) is 18.0 Å². The lowest BCUT2D eigenvalue weighted by atomic mass is 10.1. The third-order valence-corrected chi connectivity index (χ3v) is 3.39. The van der Waals surface area contributed by atoms with Gasteiger partial charge in [0.25, 0.3) is 0 Å². The second kappa shape index (κ2) is 5.85. The van der Waals surface area contributed by atoms with Crippen LogP contribution in [0.4, 0.5) is 11.4 Å². The SMILES string of the molecule is CCN(c1ccccc1)c1ccc(C(N)=S)c(C)c1. The second-order valence-corrected chi connectivity index (χ2v) is 4.88. The highest BCUT2D eigenvalue weighted by molar-refractivity contribution is 7.80. The molecule has 0 aromatic heterocycles. The molecule has 0 bridgehead atoms. The van der Waals surface area contributed by atoms with Crippen molar-refractivity contribution < 1.29 is 0 Å². The molecule has 0 aliphatic carbocycles. The number of hydrogen-bond acceptors (Lipinski definition) is 2. The van der Waals surface area contributed by atoms with Crippen molar-refractivity contribution in [2.24, 2.45) is 5.73 Å². The molecule has 0 amide bonds. The normalized spacial score (nSPS) is 10.2. The molecule has 2 N–H and O–H groups in total. The molecule has 0 saturated carbocycles. The molecule has 2 nitrogen and oxygen atoms in total. The zero-order valence-corrected chi connectivity index (χ0v) is 12.1. The Morgan fingerprint density at radius 3 is 2.32 bits per heavy atom. The number of aryl methyl sites for hydroxylation is 1. The molecule has 19 heavy (non-hydrogen) atoms. The highest BCUT2D eigenvalue weighted by Gasteiger charge is 2.09. The monoisotopic (exact) mass is 270 g/mol. The summed E-state index contributed by atoms with van der Waals surface area (Å²) in [6, 6.07) is 16.5. The Morgan fingerprint density at radius 2 is 1.79 bits per heavy atom. The first kappa shape index (κ1) is 13.6. The van der Waals surface area contributed by atoms with Crippen LogP contribution < -0.4 is 10.6 Å². The van der Waals surface area contributed by atoms with Gasteiger partial charge < -0.3 is 10.6 Å². The van der Waals surface area contributed by atoms with Crippen LogP contribution in [0, 0.1) is 6.92 Å². The Hall–Kier alpha value is -1.87. The highest BCUT2D eigenvalue weighted by Crippen LogP contribution is 2.26. The molecular formula is C16H18N2S. The van der Waals surface area contributed by atoms with Crippen molar-refractivity contribution in [1.29, 1.82) is 0 Å². The Bertz CT molecular complexity index is 579. The molecule has 0 spiro atoms. The molecule has 0 fully saturated rings. The lowest BCUT2D eigenvalue weighted by Crippen LogP contribution is -2.17. The fourth-order valence-electron chi connectivity index (χ4n) is 2.21. The topological polar surface area (TPSA) is 29.3 Å². The van der Waals surface area contributed by atoms with Crippen molar-refractivity contribution in [3.05, 3.63) is 59.7 Å². The van der Waals surface area contributed by atoms with Crippen LogP contribution in [-0.2, 0) is 0 Å². The Balaban J connectivity index is 2.40. The van der Waals surface area contributed by atoms with Crippen LogP contribution in [0.1, 0.15) is 18.1 Å². The van der Waals surface area contributed by atoms with E-state index in [0.29, 0.717) is 4.99 Å². The number of rotatable bonds is 4. The number of nitrogens with zero attached hydrogens (tertiary/aromatic N) is 1. The predicted molar refractivity (Wildman–Crippen MR) is 86.2 cm³/mol. The summed E-state index contributed by atoms with van der Waals surface area (Å²) < 4.78 is 0. The largest absolute Gasteiger partial charge is 0.389 e. The van der Waals surface area contributed by atoms with Crippen molar-refractivity contribution in [2.75, 3.05) is 11.4 Å². The van der Waals surface area contributed by atoms with Crippen LogP contribution in [0.2, 0.25) is 0 Å². The molecule has 2 aromatic rings. The maximum atomic E-state index is 5.70. The van der Waals surface area contributed by atoms with E-state index in [1.54, 1.807) is 0 Å². The van der Waals surface area contributed by atoms with Gasteiger partial charge in [0.05, 0.1) is 0 Å². The number of nitrogens with two attached hydrogens (primary N) is 1. The van der Waals surface area contributed by atoms with Crippen molar-refractivity contribution in [3.63, 3.8) is 0 Å². The summed E-state index contributed by atoms with van der Waals surface area (Å²) in [5, 5.41) is 0. The molecule has 0 aliphatic heterocycles. The van der Waals surface area contributed by atoms with Gasteiger partial charge in [0.15, 0.2) is 0 Å². The van der Waals surface area contributed by atoms with E-state index >= 15 is 0 Å². The van der Waals surface area contributed by atoms with Crippen molar-refractivity contribution in [2.45, 2.75) is 13.8 Å². The molecule has 2 rings (SSSR count). The van der Waals surface area contributed by atoms with Crippen LogP contribution in [0.15, 0.2) is 48.5 Å². The summed E-state index contributed by atoms with van der Waals surface area (Å²) in [6.45, 7) is 5.09. The molecule has 3 heteroatoms. The third kappa shape index (κ3) is 2.93. The number of para-hydroxylation sites is 1. The summed E-state index contributed by atoms with van der Waals surface area (Å²) in [5.74, 6) is 0. The van der Waals surface area contributed by atoms with Crippen LogP contribution in [0.25, 0.3) is 0 Å². The molecule has 0 saturated heterocycles. The van der Waals surface area contributed by atoms with Crippen molar-refractivity contribution >= 4 is 28.6 Å². The minimum Gasteiger partial charge on any atom is -0.389 e. The highest BCUT2D eigenvalue weighted by atomic mass is 32.1. The molecule has 0 atom stereocenters. The minimum absolute atomic E-state index is 0.451. The van der Waals surface area contributed by atoms with Crippen LogP contribution in [-0.4, -0.2) is 11.5 Å². The van der Waals surface area contributed by atoms with Gasteiger partial charge in [-0.1, -0.05) is 30.4 Å². The molecule has 0 unspecified atom stereocenters. The smallest absolute Gasteiger partial charge is 0.104 e. The molecule has 0 heterocycles. The van der Waals surface area contributed by atoms with Gasteiger partial charge in [-0.25, -0.2) is 0 Å². The maximum Gasteiger partial charge on any atom is 0.104 e. The Kier molecular flexibility index (Phi) is 4.17. The lowest BCUT2D eigenvalue weighted by molar-refractivity contribution is 1.02. The summed E-state index contributed by atoms with van der Waals surface area (Å²) in [7, 11) is 0. The van der Waals surface area contributed by atoms with Crippen LogP contribution in [0.5, 0.6) is 0 Å². The average Bonchev–Trinajstić information content (AvgIpc) is 2.40. The molecule has 2 aromatic carbocycles.